The fourth-order valence-electron chi connectivity index (χ4n) is 5.94. The van der Waals surface area contributed by atoms with Gasteiger partial charge in [-0.15, -0.1) is 0 Å². The standard InChI is InChI=1S/C26H32F7N5O4S/c1-25(42)13-20(37(14-25)15-34)24(41)38(18-2-4-19(5-3-18)43(29,30,31,32)33)22(16-8-11-35-21(39)12-16)23(40)36-17-6-9-26(27,28)10-7-17/h2-5,16-17,20,22,42H,6-14H2,1H3,(H,35,39)(H,36,40)/t16?,20-,22?,25-/m1/s1. The van der Waals surface area contributed by atoms with Crippen molar-refractivity contribution in [3.8, 4) is 6.19 Å². The minimum absolute atomic E-state index is 0.0792. The van der Waals surface area contributed by atoms with Gasteiger partial charge in [0, 0.05) is 44.0 Å². The zero-order chi connectivity index (χ0) is 32.1. The third kappa shape index (κ3) is 7.64. The van der Waals surface area contributed by atoms with E-state index in [1.807, 2.05) is 0 Å². The van der Waals surface area contributed by atoms with Crippen LogP contribution < -0.4 is 15.5 Å². The maximum Gasteiger partial charge on any atom is 0.310 e. The number of rotatable bonds is 7. The van der Waals surface area contributed by atoms with E-state index in [1.165, 1.54) is 6.92 Å². The number of carbonyl (C=O) groups is 3. The highest BCUT2D eigenvalue weighted by atomic mass is 32.5. The second-order valence-electron chi connectivity index (χ2n) is 11.8. The Balaban J connectivity index is 1.79. The molecule has 4 atom stereocenters. The van der Waals surface area contributed by atoms with Crippen molar-refractivity contribution in [1.82, 2.24) is 15.5 Å². The molecule has 1 aromatic rings. The molecule has 3 aliphatic rings. The quantitative estimate of drug-likeness (QED) is 0.295. The van der Waals surface area contributed by atoms with E-state index in [2.05, 4.69) is 10.6 Å². The van der Waals surface area contributed by atoms with Crippen molar-refractivity contribution in [1.29, 1.82) is 5.26 Å². The number of β-amino-alcohol motifs (C(OH)–C–C–N with tert-alkyl or cyclic N) is 1. The number of anilines is 1. The molecule has 43 heavy (non-hydrogen) atoms. The summed E-state index contributed by atoms with van der Waals surface area (Å²) >= 11 is 0. The van der Waals surface area contributed by atoms with E-state index in [9.17, 15) is 53.0 Å². The van der Waals surface area contributed by atoms with Gasteiger partial charge >= 0.3 is 10.2 Å². The second-order valence-corrected chi connectivity index (χ2v) is 14.2. The van der Waals surface area contributed by atoms with Crippen molar-refractivity contribution in [3.05, 3.63) is 24.3 Å². The molecular formula is C26H32F7N5O4S. The molecule has 2 heterocycles. The number of likely N-dealkylation sites (tertiary alicyclic amines) is 1. The number of hydrogen-bond donors (Lipinski definition) is 3. The van der Waals surface area contributed by atoms with Crippen LogP contribution in [0.2, 0.25) is 0 Å². The fraction of sp³-hybridized carbons (Fsp3) is 0.615. The lowest BCUT2D eigenvalue weighted by atomic mass is 9.86. The average Bonchev–Trinajstić information content (AvgIpc) is 3.21. The van der Waals surface area contributed by atoms with Gasteiger partial charge in [-0.1, -0.05) is 19.4 Å². The smallest absolute Gasteiger partial charge is 0.310 e. The first-order chi connectivity index (χ1) is 19.6. The average molecular weight is 644 g/mol. The van der Waals surface area contributed by atoms with E-state index in [1.54, 1.807) is 6.19 Å². The maximum atomic E-state index is 14.1. The van der Waals surface area contributed by atoms with Crippen LogP contribution in [-0.4, -0.2) is 70.5 Å². The van der Waals surface area contributed by atoms with E-state index in [0.29, 0.717) is 12.1 Å². The Labute approximate surface area is 243 Å². The Morgan fingerprint density at radius 3 is 2.28 bits per heavy atom. The maximum absolute atomic E-state index is 14.1. The Morgan fingerprint density at radius 2 is 1.74 bits per heavy atom. The van der Waals surface area contributed by atoms with E-state index < -0.39 is 86.9 Å². The first-order valence-corrected chi connectivity index (χ1v) is 15.6. The lowest BCUT2D eigenvalue weighted by Crippen LogP contribution is -2.60. The highest BCUT2D eigenvalue weighted by molar-refractivity contribution is 8.45. The van der Waals surface area contributed by atoms with Crippen molar-refractivity contribution in [2.24, 2.45) is 5.92 Å². The van der Waals surface area contributed by atoms with Crippen molar-refractivity contribution < 1.29 is 47.7 Å². The first-order valence-electron chi connectivity index (χ1n) is 13.6. The number of piperidine rings is 1. The summed E-state index contributed by atoms with van der Waals surface area (Å²) < 4.78 is 94.9. The van der Waals surface area contributed by atoms with Gasteiger partial charge in [0.05, 0.1) is 12.1 Å². The molecule has 17 heteroatoms. The molecule has 2 saturated heterocycles. The van der Waals surface area contributed by atoms with E-state index in [4.69, 9.17) is 0 Å². The summed E-state index contributed by atoms with van der Waals surface area (Å²) in [5.74, 6) is -6.21. The van der Waals surface area contributed by atoms with Crippen LogP contribution in [0.5, 0.6) is 0 Å². The van der Waals surface area contributed by atoms with Gasteiger partial charge in [0.25, 0.3) is 5.91 Å². The number of alkyl halides is 2. The number of carbonyl (C=O) groups excluding carboxylic acids is 3. The lowest BCUT2D eigenvalue weighted by Gasteiger charge is -2.42. The minimum atomic E-state index is -10.1. The van der Waals surface area contributed by atoms with Crippen LogP contribution in [0.25, 0.3) is 0 Å². The third-order valence-electron chi connectivity index (χ3n) is 8.07. The van der Waals surface area contributed by atoms with Crippen molar-refractivity contribution in [3.63, 3.8) is 0 Å². The van der Waals surface area contributed by atoms with Crippen molar-refractivity contribution in [2.75, 3.05) is 18.0 Å². The second kappa shape index (κ2) is 10.4. The molecule has 0 aromatic heterocycles. The number of benzene rings is 1. The largest absolute Gasteiger partial charge is 0.388 e. The van der Waals surface area contributed by atoms with E-state index in [0.717, 1.165) is 9.80 Å². The summed E-state index contributed by atoms with van der Waals surface area (Å²) in [6, 6.07) is -2.37. The topological polar surface area (TPSA) is 126 Å². The summed E-state index contributed by atoms with van der Waals surface area (Å²) in [5.41, 5.74) is -1.94. The van der Waals surface area contributed by atoms with Gasteiger partial charge in [-0.25, -0.2) is 8.78 Å². The Morgan fingerprint density at radius 1 is 1.14 bits per heavy atom. The highest BCUT2D eigenvalue weighted by Crippen LogP contribution is 3.02. The summed E-state index contributed by atoms with van der Waals surface area (Å²) in [7, 11) is -10.1. The van der Waals surface area contributed by atoms with Gasteiger partial charge < -0.3 is 15.7 Å². The molecule has 3 fully saturated rings. The Bertz CT molecular complexity index is 1310. The molecule has 2 aliphatic heterocycles. The number of amides is 3. The van der Waals surface area contributed by atoms with Gasteiger partial charge in [-0.3, -0.25) is 24.2 Å². The molecule has 9 nitrogen and oxygen atoms in total. The molecule has 3 amide bonds. The number of nitrogens with one attached hydrogen (secondary N) is 2. The van der Waals surface area contributed by atoms with Gasteiger partial charge in [0.15, 0.2) is 6.19 Å². The van der Waals surface area contributed by atoms with Gasteiger partial charge in [-0.05, 0) is 56.4 Å². The SMILES string of the molecule is C[C@@]1(O)C[C@H](C(=O)N(c2ccc(S(F)(F)(F)(F)F)cc2)C(C(=O)NC2CCC(F)(F)CC2)C2CCNC(=O)C2)N(C#N)C1. The molecule has 3 N–H and O–H groups in total. The number of hydrogen-bond acceptors (Lipinski definition) is 6. The van der Waals surface area contributed by atoms with Gasteiger partial charge in [0.2, 0.25) is 17.7 Å². The number of nitriles is 1. The molecule has 1 saturated carbocycles. The fourth-order valence-corrected chi connectivity index (χ4v) is 6.59. The minimum Gasteiger partial charge on any atom is -0.388 e. The zero-order valence-corrected chi connectivity index (χ0v) is 23.9. The molecule has 0 spiro atoms. The summed E-state index contributed by atoms with van der Waals surface area (Å²) in [5, 5.41) is 25.4. The van der Waals surface area contributed by atoms with Crippen LogP contribution >= 0.6 is 10.2 Å². The van der Waals surface area contributed by atoms with Crippen LogP contribution in [0.15, 0.2) is 29.2 Å². The molecule has 1 aliphatic carbocycles. The zero-order valence-electron chi connectivity index (χ0n) is 23.1. The van der Waals surface area contributed by atoms with Crippen molar-refractivity contribution in [2.45, 2.75) is 86.4 Å². The van der Waals surface area contributed by atoms with Crippen LogP contribution in [0, 0.1) is 17.4 Å². The predicted octanol–water partition coefficient (Wildman–Crippen LogP) is 4.57. The number of halogens is 7. The summed E-state index contributed by atoms with van der Waals surface area (Å²) in [6.07, 6.45) is 0.0720. The van der Waals surface area contributed by atoms with E-state index in [-0.39, 0.29) is 57.3 Å². The normalized spacial score (nSPS) is 28.6. The molecule has 4 rings (SSSR count). The lowest BCUT2D eigenvalue weighted by molar-refractivity contribution is -0.132. The predicted molar refractivity (Wildman–Crippen MR) is 142 cm³/mol. The molecule has 240 valence electrons. The molecular weight excluding hydrogens is 611 g/mol. The van der Waals surface area contributed by atoms with Gasteiger partial charge in [-0.2, -0.15) is 5.26 Å². The summed E-state index contributed by atoms with van der Waals surface area (Å²) in [4.78, 5) is 39.8. The number of nitrogens with zero attached hydrogens (tertiary/aromatic N) is 3. The van der Waals surface area contributed by atoms with Crippen LogP contribution in [-0.2, 0) is 14.4 Å². The van der Waals surface area contributed by atoms with E-state index >= 15 is 0 Å². The summed E-state index contributed by atoms with van der Waals surface area (Å²) in [6.45, 7) is 1.15. The molecule has 0 radical (unpaired) electrons. The van der Waals surface area contributed by atoms with Crippen LogP contribution in [0.4, 0.5) is 33.9 Å². The Kier molecular flexibility index (Phi) is 7.92. The molecule has 2 unspecified atom stereocenters. The van der Waals surface area contributed by atoms with Crippen LogP contribution in [0.3, 0.4) is 0 Å². The molecule has 0 bridgehead atoms. The van der Waals surface area contributed by atoms with Crippen LogP contribution in [0.1, 0.15) is 51.9 Å². The monoisotopic (exact) mass is 643 g/mol. The van der Waals surface area contributed by atoms with Gasteiger partial charge in [0.1, 0.15) is 17.0 Å². The Hall–Kier alpha value is -3.26. The first kappa shape index (κ1) is 32.6. The third-order valence-corrected chi connectivity index (χ3v) is 9.24. The molecule has 1 aromatic carbocycles. The van der Waals surface area contributed by atoms with Crippen molar-refractivity contribution >= 4 is 33.6 Å². The highest BCUT2D eigenvalue weighted by Gasteiger charge is 2.65. The number of aliphatic hydroxyl groups is 1.